The van der Waals surface area contributed by atoms with E-state index >= 15 is 0 Å². The number of pyridine rings is 1. The van der Waals surface area contributed by atoms with E-state index in [-0.39, 0.29) is 5.91 Å². The van der Waals surface area contributed by atoms with Crippen molar-refractivity contribution in [2.45, 2.75) is 0 Å². The fraction of sp³-hybridized carbons (Fsp3) is 0.143. The van der Waals surface area contributed by atoms with Gasteiger partial charge in [0.1, 0.15) is 0 Å². The molecule has 0 saturated heterocycles. The van der Waals surface area contributed by atoms with Gasteiger partial charge in [0.2, 0.25) is 11.2 Å². The smallest absolute Gasteiger partial charge is 0.262 e. The number of hydrogen-bond donors (Lipinski definition) is 2. The Labute approximate surface area is 120 Å². The number of hydrogen-bond acceptors (Lipinski definition) is 5. The Morgan fingerprint density at radius 2 is 2.10 bits per heavy atom. The summed E-state index contributed by atoms with van der Waals surface area (Å²) < 4.78 is 0.740. The van der Waals surface area contributed by atoms with Crippen LogP contribution in [0.3, 0.4) is 0 Å². The molecule has 0 radical (unpaired) electrons. The molecule has 1 amide bonds. The van der Waals surface area contributed by atoms with Crippen molar-refractivity contribution >= 4 is 28.1 Å². The minimum Gasteiger partial charge on any atom is -0.618 e. The number of para-hydroxylation sites is 1. The van der Waals surface area contributed by atoms with Gasteiger partial charge in [0.15, 0.2) is 5.52 Å². The van der Waals surface area contributed by atoms with Crippen LogP contribution >= 0.6 is 0 Å². The molecule has 1 aromatic carbocycles. The summed E-state index contributed by atoms with van der Waals surface area (Å²) in [5.74, 6) is -0.311. The monoisotopic (exact) mass is 283 g/mol. The Hall–Kier alpha value is -2.80. The lowest BCUT2D eigenvalue weighted by atomic mass is 10.1. The molecule has 3 aromatic rings. The van der Waals surface area contributed by atoms with Gasteiger partial charge in [-0.05, 0) is 12.1 Å². The number of fused-ring (bicyclic) bond motifs is 2. The second-order valence-corrected chi connectivity index (χ2v) is 4.47. The van der Waals surface area contributed by atoms with Crippen molar-refractivity contribution in [3.05, 3.63) is 47.3 Å². The first-order chi connectivity index (χ1) is 10.2. The van der Waals surface area contributed by atoms with Crippen LogP contribution in [0, 0.1) is 5.21 Å². The molecule has 0 atom stereocenters. The number of nitrogens with two attached hydrogens (primary N) is 1. The molecule has 0 bridgehead atoms. The largest absolute Gasteiger partial charge is 0.618 e. The van der Waals surface area contributed by atoms with Crippen molar-refractivity contribution in [3.63, 3.8) is 0 Å². The summed E-state index contributed by atoms with van der Waals surface area (Å²) in [6, 6.07) is 8.21. The molecule has 0 aliphatic rings. The maximum atomic E-state index is 12.4. The molecular weight excluding hydrogens is 270 g/mol. The van der Waals surface area contributed by atoms with Gasteiger partial charge in [0, 0.05) is 31.4 Å². The summed E-state index contributed by atoms with van der Waals surface area (Å²) >= 11 is 0. The van der Waals surface area contributed by atoms with E-state index in [0.29, 0.717) is 40.9 Å². The Morgan fingerprint density at radius 3 is 2.90 bits per heavy atom. The van der Waals surface area contributed by atoms with E-state index in [9.17, 15) is 10.0 Å². The molecule has 0 aliphatic heterocycles. The predicted molar refractivity (Wildman–Crippen MR) is 77.4 cm³/mol. The number of nitrogens with one attached hydrogen (secondary N) is 1. The highest BCUT2D eigenvalue weighted by Gasteiger charge is 2.18. The highest BCUT2D eigenvalue weighted by Crippen LogP contribution is 2.16. The number of aromatic nitrogens is 3. The molecule has 2 aromatic heterocycles. The third-order valence-corrected chi connectivity index (χ3v) is 3.11. The molecule has 106 valence electrons. The van der Waals surface area contributed by atoms with E-state index in [4.69, 9.17) is 5.73 Å². The summed E-state index contributed by atoms with van der Waals surface area (Å²) in [6.45, 7) is 0.703. The van der Waals surface area contributed by atoms with Gasteiger partial charge in [-0.1, -0.05) is 6.07 Å². The van der Waals surface area contributed by atoms with Crippen LogP contribution in [-0.2, 0) is 0 Å². The molecule has 3 N–H and O–H groups in total. The first-order valence-electron chi connectivity index (χ1n) is 6.47. The fourth-order valence-electron chi connectivity index (χ4n) is 2.15. The third-order valence-electron chi connectivity index (χ3n) is 3.11. The summed E-state index contributed by atoms with van der Waals surface area (Å²) in [5.41, 5.74) is 7.03. The lowest BCUT2D eigenvalue weighted by molar-refractivity contribution is -0.548. The Morgan fingerprint density at radius 1 is 1.29 bits per heavy atom. The molecule has 7 heteroatoms. The first kappa shape index (κ1) is 13.2. The minimum atomic E-state index is -0.311. The van der Waals surface area contributed by atoms with Crippen molar-refractivity contribution in [3.8, 4) is 0 Å². The molecule has 2 heterocycles. The number of carbonyl (C=O) groups is 1. The molecule has 0 spiro atoms. The van der Waals surface area contributed by atoms with E-state index in [1.54, 1.807) is 36.5 Å². The predicted octanol–water partition coefficient (Wildman–Crippen LogP) is 0.105. The van der Waals surface area contributed by atoms with Gasteiger partial charge in [-0.15, -0.1) is 0 Å². The van der Waals surface area contributed by atoms with Crippen LogP contribution in [0.5, 0.6) is 0 Å². The van der Waals surface area contributed by atoms with Gasteiger partial charge >= 0.3 is 0 Å². The molecular formula is C14H13N5O2. The van der Waals surface area contributed by atoms with E-state index in [0.717, 1.165) is 4.73 Å². The van der Waals surface area contributed by atoms with Crippen LogP contribution in [0.2, 0.25) is 0 Å². The van der Waals surface area contributed by atoms with Crippen molar-refractivity contribution in [2.24, 2.45) is 5.73 Å². The van der Waals surface area contributed by atoms with Crippen molar-refractivity contribution < 1.29 is 9.52 Å². The number of rotatable bonds is 3. The van der Waals surface area contributed by atoms with E-state index in [2.05, 4.69) is 15.3 Å². The van der Waals surface area contributed by atoms with E-state index < -0.39 is 0 Å². The van der Waals surface area contributed by atoms with Crippen LogP contribution < -0.4 is 15.8 Å². The van der Waals surface area contributed by atoms with Gasteiger partial charge in [-0.25, -0.2) is 9.97 Å². The van der Waals surface area contributed by atoms with Gasteiger partial charge < -0.3 is 16.3 Å². The number of amides is 1. The molecule has 0 saturated carbocycles. The Balaban J connectivity index is 2.25. The third kappa shape index (κ3) is 2.23. The average molecular weight is 283 g/mol. The second kappa shape index (κ2) is 5.29. The van der Waals surface area contributed by atoms with E-state index in [1.165, 1.54) is 0 Å². The van der Waals surface area contributed by atoms with Gasteiger partial charge in [0.25, 0.3) is 11.4 Å². The number of nitrogens with zero attached hydrogens (tertiary/aromatic N) is 3. The molecule has 0 fully saturated rings. The quantitative estimate of drug-likeness (QED) is 0.403. The van der Waals surface area contributed by atoms with Crippen LogP contribution in [0.15, 0.2) is 36.5 Å². The SMILES string of the molecule is NCCNC(=O)c1cccc2c1nc1ncccc1[n+]2[O-]. The maximum Gasteiger partial charge on any atom is 0.262 e. The van der Waals surface area contributed by atoms with Gasteiger partial charge in [-0.3, -0.25) is 4.79 Å². The second-order valence-electron chi connectivity index (χ2n) is 4.47. The molecule has 3 rings (SSSR count). The van der Waals surface area contributed by atoms with Crippen molar-refractivity contribution in [2.75, 3.05) is 13.1 Å². The lowest BCUT2D eigenvalue weighted by Crippen LogP contribution is -2.32. The Kier molecular flexibility index (Phi) is 3.33. The maximum absolute atomic E-state index is 12.4. The highest BCUT2D eigenvalue weighted by atomic mass is 16.5. The zero-order valence-electron chi connectivity index (χ0n) is 11.1. The average Bonchev–Trinajstić information content (AvgIpc) is 2.52. The summed E-state index contributed by atoms with van der Waals surface area (Å²) in [5, 5.41) is 15.0. The zero-order valence-corrected chi connectivity index (χ0v) is 11.1. The highest BCUT2D eigenvalue weighted by molar-refractivity contribution is 6.04. The van der Waals surface area contributed by atoms with Crippen LogP contribution in [0.1, 0.15) is 10.4 Å². The topological polar surface area (TPSA) is 108 Å². The lowest BCUT2D eigenvalue weighted by Gasteiger charge is -2.08. The fourth-order valence-corrected chi connectivity index (χ4v) is 2.15. The van der Waals surface area contributed by atoms with Crippen LogP contribution in [0.25, 0.3) is 22.2 Å². The van der Waals surface area contributed by atoms with Crippen LogP contribution in [-0.4, -0.2) is 29.0 Å². The summed E-state index contributed by atoms with van der Waals surface area (Å²) in [7, 11) is 0. The number of benzene rings is 1. The number of carbonyl (C=O) groups excluding carboxylic acids is 1. The van der Waals surface area contributed by atoms with Crippen molar-refractivity contribution in [1.82, 2.24) is 15.3 Å². The zero-order chi connectivity index (χ0) is 14.8. The minimum absolute atomic E-state index is 0.305. The van der Waals surface area contributed by atoms with E-state index in [1.807, 2.05) is 0 Å². The molecule has 21 heavy (non-hydrogen) atoms. The standard InChI is InChI=1S/C14H13N5O2/c15-6-8-17-14(20)9-3-1-4-10-12(9)18-13-11(19(10)21)5-2-7-16-13/h1-5,7H,6,8,15H2,(H,17,20). The Bertz CT molecular complexity index is 834. The summed E-state index contributed by atoms with van der Waals surface area (Å²) in [6.07, 6.45) is 1.55. The van der Waals surface area contributed by atoms with Crippen molar-refractivity contribution in [1.29, 1.82) is 0 Å². The molecule has 0 aliphatic carbocycles. The van der Waals surface area contributed by atoms with Crippen LogP contribution in [0.4, 0.5) is 0 Å². The molecule has 0 unspecified atom stereocenters. The molecule has 7 nitrogen and oxygen atoms in total. The first-order valence-corrected chi connectivity index (χ1v) is 6.47. The normalized spacial score (nSPS) is 10.9. The summed E-state index contributed by atoms with van der Waals surface area (Å²) in [4.78, 5) is 20.5. The van der Waals surface area contributed by atoms with Gasteiger partial charge in [-0.2, -0.15) is 4.73 Å². The van der Waals surface area contributed by atoms with Gasteiger partial charge in [0.05, 0.1) is 5.56 Å².